The maximum atomic E-state index is 10.1. The average molecular weight is 270 g/mol. The predicted octanol–water partition coefficient (Wildman–Crippen LogP) is 3.68. The van der Waals surface area contributed by atoms with Crippen LogP contribution in [0, 0.1) is 6.92 Å². The van der Waals surface area contributed by atoms with Crippen LogP contribution < -0.4 is 0 Å². The van der Waals surface area contributed by atoms with Crippen molar-refractivity contribution in [3.8, 4) is 0 Å². The summed E-state index contributed by atoms with van der Waals surface area (Å²) < 4.78 is 5.58. The van der Waals surface area contributed by atoms with Gasteiger partial charge in [-0.3, -0.25) is 0 Å². The molecule has 0 amide bonds. The van der Waals surface area contributed by atoms with E-state index >= 15 is 0 Å². The molecule has 0 saturated carbocycles. The second kappa shape index (κ2) is 7.83. The molecule has 2 aromatic carbocycles. The molecule has 1 unspecified atom stereocenters. The topological polar surface area (TPSA) is 29.5 Å². The smallest absolute Gasteiger partial charge is 0.103 e. The van der Waals surface area contributed by atoms with Gasteiger partial charge in [-0.1, -0.05) is 54.6 Å². The van der Waals surface area contributed by atoms with Gasteiger partial charge in [0.25, 0.3) is 0 Å². The Morgan fingerprint density at radius 2 is 1.70 bits per heavy atom. The summed E-state index contributed by atoms with van der Waals surface area (Å²) in [4.78, 5) is 0. The van der Waals surface area contributed by atoms with Crippen molar-refractivity contribution in [3.63, 3.8) is 0 Å². The lowest BCUT2D eigenvalue weighted by Gasteiger charge is -2.14. The number of rotatable bonds is 7. The number of aliphatic hydroxyl groups excluding tert-OH is 1. The van der Waals surface area contributed by atoms with Crippen molar-refractivity contribution in [2.75, 3.05) is 13.2 Å². The van der Waals surface area contributed by atoms with Crippen LogP contribution in [0.2, 0.25) is 0 Å². The molecule has 0 heterocycles. The van der Waals surface area contributed by atoms with Gasteiger partial charge in [0.1, 0.15) is 6.10 Å². The van der Waals surface area contributed by atoms with Crippen LogP contribution >= 0.6 is 0 Å². The van der Waals surface area contributed by atoms with E-state index < -0.39 is 6.10 Å². The number of hydrogen-bond acceptors (Lipinski definition) is 2. The summed E-state index contributed by atoms with van der Waals surface area (Å²) in [6.07, 6.45) is 1.46. The maximum Gasteiger partial charge on any atom is 0.103 e. The van der Waals surface area contributed by atoms with Crippen molar-refractivity contribution >= 4 is 0 Å². The Morgan fingerprint density at radius 1 is 1.00 bits per heavy atom. The second-order valence-electron chi connectivity index (χ2n) is 5.04. The van der Waals surface area contributed by atoms with Crippen LogP contribution in [0.4, 0.5) is 0 Å². The first-order chi connectivity index (χ1) is 9.77. The van der Waals surface area contributed by atoms with E-state index in [4.69, 9.17) is 4.74 Å². The van der Waals surface area contributed by atoms with Gasteiger partial charge in [0.05, 0.1) is 6.61 Å². The van der Waals surface area contributed by atoms with E-state index in [1.54, 1.807) is 0 Å². The van der Waals surface area contributed by atoms with Crippen molar-refractivity contribution in [1.82, 2.24) is 0 Å². The fraction of sp³-hybridized carbons (Fsp3) is 0.333. The summed E-state index contributed by atoms with van der Waals surface area (Å²) >= 11 is 0. The minimum atomic E-state index is -0.534. The molecule has 0 aromatic heterocycles. The third-order valence-corrected chi connectivity index (χ3v) is 3.42. The first-order valence-electron chi connectivity index (χ1n) is 7.12. The van der Waals surface area contributed by atoms with Crippen LogP contribution in [0.25, 0.3) is 0 Å². The Morgan fingerprint density at radius 3 is 2.45 bits per heavy atom. The van der Waals surface area contributed by atoms with Crippen molar-refractivity contribution in [1.29, 1.82) is 0 Å². The Kier molecular flexibility index (Phi) is 5.78. The van der Waals surface area contributed by atoms with Gasteiger partial charge < -0.3 is 9.84 Å². The monoisotopic (exact) mass is 270 g/mol. The van der Waals surface area contributed by atoms with Crippen LogP contribution in [0.3, 0.4) is 0 Å². The number of benzene rings is 2. The van der Waals surface area contributed by atoms with Crippen molar-refractivity contribution < 1.29 is 9.84 Å². The van der Waals surface area contributed by atoms with E-state index in [1.165, 1.54) is 5.56 Å². The highest BCUT2D eigenvalue weighted by Gasteiger charge is 2.09. The summed E-state index contributed by atoms with van der Waals surface area (Å²) in [6.45, 7) is 3.05. The van der Waals surface area contributed by atoms with Crippen LogP contribution in [0.15, 0.2) is 54.6 Å². The molecular weight excluding hydrogens is 248 g/mol. The Bertz CT molecular complexity index is 508. The molecule has 1 atom stereocenters. The summed E-state index contributed by atoms with van der Waals surface area (Å²) in [6, 6.07) is 18.3. The van der Waals surface area contributed by atoms with Gasteiger partial charge in [0.15, 0.2) is 0 Å². The van der Waals surface area contributed by atoms with Gasteiger partial charge in [0.2, 0.25) is 0 Å². The third kappa shape index (κ3) is 4.48. The summed E-state index contributed by atoms with van der Waals surface area (Å²) in [5, 5.41) is 10.1. The highest BCUT2D eigenvalue weighted by molar-refractivity contribution is 5.27. The highest BCUT2D eigenvalue weighted by atomic mass is 16.5. The van der Waals surface area contributed by atoms with Crippen molar-refractivity contribution in [2.45, 2.75) is 25.9 Å². The molecule has 0 bridgehead atoms. The van der Waals surface area contributed by atoms with Crippen LogP contribution in [0.1, 0.15) is 29.2 Å². The molecule has 0 radical (unpaired) electrons. The van der Waals surface area contributed by atoms with E-state index in [2.05, 4.69) is 24.3 Å². The molecule has 106 valence electrons. The molecule has 0 fully saturated rings. The first kappa shape index (κ1) is 14.8. The fourth-order valence-corrected chi connectivity index (χ4v) is 2.27. The van der Waals surface area contributed by atoms with Gasteiger partial charge in [-0.15, -0.1) is 0 Å². The zero-order valence-electron chi connectivity index (χ0n) is 12.0. The lowest BCUT2D eigenvalue weighted by atomic mass is 10.0. The largest absolute Gasteiger partial charge is 0.386 e. The lowest BCUT2D eigenvalue weighted by Crippen LogP contribution is -2.09. The van der Waals surface area contributed by atoms with E-state index in [0.29, 0.717) is 13.2 Å². The molecule has 2 nitrogen and oxygen atoms in total. The van der Waals surface area contributed by atoms with E-state index in [0.717, 1.165) is 24.0 Å². The van der Waals surface area contributed by atoms with Gasteiger partial charge >= 0.3 is 0 Å². The lowest BCUT2D eigenvalue weighted by molar-refractivity contribution is 0.0349. The zero-order valence-corrected chi connectivity index (χ0v) is 12.0. The quantitative estimate of drug-likeness (QED) is 0.778. The molecule has 2 rings (SSSR count). The fourth-order valence-electron chi connectivity index (χ4n) is 2.27. The van der Waals surface area contributed by atoms with Crippen molar-refractivity contribution in [3.05, 3.63) is 71.3 Å². The number of aliphatic hydroxyl groups is 1. The first-order valence-corrected chi connectivity index (χ1v) is 7.12. The Hall–Kier alpha value is -1.64. The van der Waals surface area contributed by atoms with E-state index in [1.807, 2.05) is 37.3 Å². The summed E-state index contributed by atoms with van der Waals surface area (Å²) in [5.41, 5.74) is 3.39. The molecular formula is C18H22O2. The molecule has 0 aliphatic carbocycles. The molecule has 0 spiro atoms. The van der Waals surface area contributed by atoms with Crippen LogP contribution in [-0.2, 0) is 11.2 Å². The molecule has 0 saturated heterocycles. The number of aryl methyl sites for hydroxylation is 2. The zero-order chi connectivity index (χ0) is 14.2. The summed E-state index contributed by atoms with van der Waals surface area (Å²) in [5.74, 6) is 0. The van der Waals surface area contributed by atoms with E-state index in [-0.39, 0.29) is 0 Å². The molecule has 0 aliphatic heterocycles. The molecule has 0 aliphatic rings. The minimum absolute atomic E-state index is 0.361. The van der Waals surface area contributed by atoms with Crippen molar-refractivity contribution in [2.24, 2.45) is 0 Å². The Balaban J connectivity index is 1.67. The molecule has 20 heavy (non-hydrogen) atoms. The molecule has 1 N–H and O–H groups in total. The van der Waals surface area contributed by atoms with Gasteiger partial charge in [-0.25, -0.2) is 0 Å². The van der Waals surface area contributed by atoms with Crippen LogP contribution in [0.5, 0.6) is 0 Å². The average Bonchev–Trinajstić information content (AvgIpc) is 2.48. The van der Waals surface area contributed by atoms with Gasteiger partial charge in [-0.2, -0.15) is 0 Å². The number of hydrogen-bond donors (Lipinski definition) is 1. The molecule has 2 aromatic rings. The second-order valence-corrected chi connectivity index (χ2v) is 5.04. The normalized spacial score (nSPS) is 12.3. The van der Waals surface area contributed by atoms with Crippen LogP contribution in [-0.4, -0.2) is 18.3 Å². The highest BCUT2D eigenvalue weighted by Crippen LogP contribution is 2.17. The maximum absolute atomic E-state index is 10.1. The third-order valence-electron chi connectivity index (χ3n) is 3.42. The van der Waals surface area contributed by atoms with E-state index in [9.17, 15) is 5.11 Å². The predicted molar refractivity (Wildman–Crippen MR) is 81.7 cm³/mol. The number of ether oxygens (including phenoxy) is 1. The summed E-state index contributed by atoms with van der Waals surface area (Å²) in [7, 11) is 0. The Labute approximate surface area is 121 Å². The SMILES string of the molecule is Cc1ccccc1C(O)COCCCc1ccccc1. The van der Waals surface area contributed by atoms with Gasteiger partial charge in [0, 0.05) is 6.61 Å². The minimum Gasteiger partial charge on any atom is -0.386 e. The molecule has 2 heteroatoms. The van der Waals surface area contributed by atoms with Gasteiger partial charge in [-0.05, 0) is 36.5 Å². The standard InChI is InChI=1S/C18H22O2/c1-15-8-5-6-12-17(15)18(19)14-20-13-7-11-16-9-3-2-4-10-16/h2-6,8-10,12,18-19H,7,11,13-14H2,1H3.